The maximum atomic E-state index is 12.9. The number of carbonyl (C=O) groups excluding carboxylic acids is 1. The lowest BCUT2D eigenvalue weighted by Crippen LogP contribution is -2.34. The first-order valence-electron chi connectivity index (χ1n) is 10.2. The van der Waals surface area contributed by atoms with Gasteiger partial charge in [0.15, 0.2) is 0 Å². The van der Waals surface area contributed by atoms with Gasteiger partial charge in [0, 0.05) is 42.8 Å². The Labute approximate surface area is 187 Å². The largest absolute Gasteiger partial charge is 0.416 e. The Bertz CT molecular complexity index is 1130. The number of nitro groups is 1. The van der Waals surface area contributed by atoms with Crippen molar-refractivity contribution < 1.29 is 27.4 Å². The highest BCUT2D eigenvalue weighted by Gasteiger charge is 2.30. The summed E-state index contributed by atoms with van der Waals surface area (Å²) in [6, 6.07) is 10.1. The number of nitro benzene ring substituents is 1. The lowest BCUT2D eigenvalue weighted by Gasteiger charge is -2.22. The third-order valence-electron chi connectivity index (χ3n) is 4.88. The van der Waals surface area contributed by atoms with Crippen molar-refractivity contribution in [2.45, 2.75) is 32.4 Å². The second kappa shape index (κ2) is 10.2. The maximum absolute atomic E-state index is 12.9. The van der Waals surface area contributed by atoms with Gasteiger partial charge in [0.2, 0.25) is 11.7 Å². The van der Waals surface area contributed by atoms with Crippen molar-refractivity contribution >= 4 is 11.6 Å². The average Bonchev–Trinajstić information content (AvgIpc) is 3.27. The van der Waals surface area contributed by atoms with Crippen molar-refractivity contribution in [2.75, 3.05) is 13.1 Å². The number of halogens is 3. The second-order valence-electron chi connectivity index (χ2n) is 7.29. The fourth-order valence-corrected chi connectivity index (χ4v) is 3.14. The molecule has 0 radical (unpaired) electrons. The van der Waals surface area contributed by atoms with E-state index in [1.807, 2.05) is 6.92 Å². The summed E-state index contributed by atoms with van der Waals surface area (Å²) in [5.74, 6) is -0.193. The quantitative estimate of drug-likeness (QED) is 0.322. The Morgan fingerprint density at radius 2 is 1.91 bits per heavy atom. The number of nitrogens with zero attached hydrogens (tertiary/aromatic N) is 4. The van der Waals surface area contributed by atoms with Crippen LogP contribution in [-0.2, 0) is 12.6 Å². The molecule has 0 N–H and O–H groups in total. The molecule has 0 spiro atoms. The van der Waals surface area contributed by atoms with Crippen LogP contribution in [0.25, 0.3) is 11.4 Å². The summed E-state index contributed by atoms with van der Waals surface area (Å²) in [7, 11) is 0. The first kappa shape index (κ1) is 23.9. The van der Waals surface area contributed by atoms with Crippen LogP contribution in [0.1, 0.15) is 41.6 Å². The van der Waals surface area contributed by atoms with Crippen LogP contribution in [-0.4, -0.2) is 39.0 Å². The molecule has 0 unspecified atom stereocenters. The van der Waals surface area contributed by atoms with Gasteiger partial charge in [0.1, 0.15) is 0 Å². The molecule has 174 valence electrons. The maximum Gasteiger partial charge on any atom is 0.416 e. The van der Waals surface area contributed by atoms with E-state index in [-0.39, 0.29) is 47.4 Å². The number of benzene rings is 2. The number of hydrogen-bond acceptors (Lipinski definition) is 6. The van der Waals surface area contributed by atoms with Gasteiger partial charge in [0.25, 0.3) is 11.6 Å². The molecule has 0 fully saturated rings. The number of amides is 1. The van der Waals surface area contributed by atoms with Crippen LogP contribution in [0.2, 0.25) is 0 Å². The highest BCUT2D eigenvalue weighted by Crippen LogP contribution is 2.31. The van der Waals surface area contributed by atoms with E-state index >= 15 is 0 Å². The molecule has 2 aromatic carbocycles. The summed E-state index contributed by atoms with van der Waals surface area (Å²) < 4.78 is 44.0. The van der Waals surface area contributed by atoms with E-state index in [9.17, 15) is 28.1 Å². The second-order valence-corrected chi connectivity index (χ2v) is 7.29. The fourth-order valence-electron chi connectivity index (χ4n) is 3.14. The van der Waals surface area contributed by atoms with Gasteiger partial charge in [0.05, 0.1) is 10.5 Å². The van der Waals surface area contributed by atoms with Crippen LogP contribution < -0.4 is 0 Å². The minimum Gasteiger partial charge on any atom is -0.339 e. The molecule has 33 heavy (non-hydrogen) atoms. The zero-order chi connectivity index (χ0) is 24.0. The third-order valence-corrected chi connectivity index (χ3v) is 4.88. The summed E-state index contributed by atoms with van der Waals surface area (Å²) in [6.07, 6.45) is -2.76. The topological polar surface area (TPSA) is 102 Å². The molecule has 3 rings (SSSR count). The Morgan fingerprint density at radius 3 is 2.61 bits per heavy atom. The molecule has 0 saturated heterocycles. The van der Waals surface area contributed by atoms with Crippen LogP contribution in [0.4, 0.5) is 18.9 Å². The number of alkyl halides is 3. The summed E-state index contributed by atoms with van der Waals surface area (Å²) in [6.45, 7) is 2.59. The van der Waals surface area contributed by atoms with Gasteiger partial charge in [-0.15, -0.1) is 0 Å². The van der Waals surface area contributed by atoms with E-state index in [0.29, 0.717) is 6.54 Å². The highest BCUT2D eigenvalue weighted by atomic mass is 19.4. The van der Waals surface area contributed by atoms with Crippen molar-refractivity contribution in [1.29, 1.82) is 0 Å². The van der Waals surface area contributed by atoms with Crippen molar-refractivity contribution in [3.8, 4) is 11.4 Å². The van der Waals surface area contributed by atoms with Crippen LogP contribution in [0.15, 0.2) is 53.1 Å². The van der Waals surface area contributed by atoms with E-state index in [2.05, 4.69) is 10.1 Å². The molecular weight excluding hydrogens is 441 g/mol. The standard InChI is InChI=1S/C22H21F3N4O4/c1-2-3-11-28(21(30)16-7-5-9-18(14-16)29(31)32)12-10-19-26-20(27-33-19)15-6-4-8-17(13-15)22(23,24)25/h4-9,13-14H,2-3,10-12H2,1H3. The first-order valence-corrected chi connectivity index (χ1v) is 10.2. The number of carbonyl (C=O) groups is 1. The molecule has 0 bridgehead atoms. The third kappa shape index (κ3) is 6.15. The van der Waals surface area contributed by atoms with Gasteiger partial charge < -0.3 is 9.42 Å². The zero-order valence-electron chi connectivity index (χ0n) is 17.7. The van der Waals surface area contributed by atoms with Crippen LogP contribution in [0.5, 0.6) is 0 Å². The molecule has 0 atom stereocenters. The molecule has 1 aromatic heterocycles. The minimum absolute atomic E-state index is 0.0150. The predicted octanol–water partition coefficient (Wildman–Crippen LogP) is 5.15. The molecule has 3 aromatic rings. The van der Waals surface area contributed by atoms with Crippen LogP contribution in [0, 0.1) is 10.1 Å². The molecule has 0 aliphatic carbocycles. The van der Waals surface area contributed by atoms with E-state index in [0.717, 1.165) is 25.0 Å². The highest BCUT2D eigenvalue weighted by molar-refractivity contribution is 5.94. The molecule has 1 heterocycles. The Kier molecular flexibility index (Phi) is 7.41. The zero-order valence-corrected chi connectivity index (χ0v) is 17.7. The minimum atomic E-state index is -4.49. The fraction of sp³-hybridized carbons (Fsp3) is 0.318. The van der Waals surface area contributed by atoms with Crippen molar-refractivity contribution in [3.05, 3.63) is 75.7 Å². The summed E-state index contributed by atoms with van der Waals surface area (Å²) in [5, 5.41) is 14.8. The molecule has 0 aliphatic heterocycles. The van der Waals surface area contributed by atoms with Gasteiger partial charge >= 0.3 is 6.18 Å². The lowest BCUT2D eigenvalue weighted by atomic mass is 10.1. The smallest absolute Gasteiger partial charge is 0.339 e. The van der Waals surface area contributed by atoms with Gasteiger partial charge in [-0.1, -0.05) is 36.7 Å². The predicted molar refractivity (Wildman–Crippen MR) is 112 cm³/mol. The van der Waals surface area contributed by atoms with E-state index < -0.39 is 16.7 Å². The van der Waals surface area contributed by atoms with Crippen molar-refractivity contribution in [1.82, 2.24) is 15.0 Å². The molecule has 0 saturated carbocycles. The Balaban J connectivity index is 1.73. The summed E-state index contributed by atoms with van der Waals surface area (Å²) in [4.78, 5) is 29.1. The van der Waals surface area contributed by atoms with Gasteiger partial charge in [-0.3, -0.25) is 14.9 Å². The van der Waals surface area contributed by atoms with Crippen LogP contribution in [0.3, 0.4) is 0 Å². The number of unbranched alkanes of at least 4 members (excludes halogenated alkanes) is 1. The lowest BCUT2D eigenvalue weighted by molar-refractivity contribution is -0.384. The molecule has 11 heteroatoms. The number of rotatable bonds is 9. The van der Waals surface area contributed by atoms with E-state index in [1.54, 1.807) is 0 Å². The van der Waals surface area contributed by atoms with E-state index in [1.165, 1.54) is 41.3 Å². The molecule has 0 aliphatic rings. The summed E-state index contributed by atoms with van der Waals surface area (Å²) in [5.41, 5.74) is -0.649. The summed E-state index contributed by atoms with van der Waals surface area (Å²) >= 11 is 0. The van der Waals surface area contributed by atoms with Crippen molar-refractivity contribution in [2.24, 2.45) is 0 Å². The van der Waals surface area contributed by atoms with Gasteiger partial charge in [-0.05, 0) is 24.6 Å². The number of non-ortho nitro benzene ring substituents is 1. The SMILES string of the molecule is CCCCN(CCc1nc(-c2cccc(C(F)(F)F)c2)no1)C(=O)c1cccc([N+](=O)[O-])c1. The van der Waals surface area contributed by atoms with Crippen LogP contribution >= 0.6 is 0 Å². The number of aromatic nitrogens is 2. The Morgan fingerprint density at radius 1 is 1.15 bits per heavy atom. The Hall–Kier alpha value is -3.76. The normalized spacial score (nSPS) is 11.4. The van der Waals surface area contributed by atoms with Gasteiger partial charge in [-0.25, -0.2) is 0 Å². The van der Waals surface area contributed by atoms with E-state index in [4.69, 9.17) is 4.52 Å². The molecule has 1 amide bonds. The van der Waals surface area contributed by atoms with Gasteiger partial charge in [-0.2, -0.15) is 18.2 Å². The molecular formula is C22H21F3N4O4. The average molecular weight is 462 g/mol. The monoisotopic (exact) mass is 462 g/mol. The first-order chi connectivity index (χ1) is 15.7. The molecule has 8 nitrogen and oxygen atoms in total. The van der Waals surface area contributed by atoms with Crippen molar-refractivity contribution in [3.63, 3.8) is 0 Å². The number of hydrogen-bond donors (Lipinski definition) is 0.